The second-order valence-corrected chi connectivity index (χ2v) is 2.00. The highest BCUT2D eigenvalue weighted by molar-refractivity contribution is 4.52. The van der Waals surface area contributed by atoms with Crippen LogP contribution in [0, 0.1) is 0 Å². The van der Waals surface area contributed by atoms with Crippen LogP contribution < -0.4 is 0 Å². The van der Waals surface area contributed by atoms with Crippen molar-refractivity contribution in [1.29, 1.82) is 0 Å². The predicted octanol–water partition coefficient (Wildman–Crippen LogP) is 0.479. The summed E-state index contributed by atoms with van der Waals surface area (Å²) in [6, 6.07) is 0. The predicted molar refractivity (Wildman–Crippen MR) is 32.9 cm³/mol. The molecular formula is C6H13FO2. The molecule has 0 aromatic rings. The third-order valence-corrected chi connectivity index (χ3v) is 1.12. The standard InChI is InChI=1S/C6H13FO2/c7-6(5-9)3-1-2-4-8/h6,8-9H,1-5H2. The summed E-state index contributed by atoms with van der Waals surface area (Å²) in [7, 11) is 0. The van der Waals surface area contributed by atoms with Gasteiger partial charge in [0.05, 0.1) is 6.61 Å². The lowest BCUT2D eigenvalue weighted by atomic mass is 10.2. The molecule has 0 spiro atoms. The molecule has 2 N–H and O–H groups in total. The van der Waals surface area contributed by atoms with E-state index in [0.717, 1.165) is 0 Å². The van der Waals surface area contributed by atoms with Crippen LogP contribution in [0.15, 0.2) is 0 Å². The molecule has 0 fully saturated rings. The Bertz CT molecular complexity index is 59.0. The number of rotatable bonds is 5. The minimum Gasteiger partial charge on any atom is -0.396 e. The summed E-state index contributed by atoms with van der Waals surface area (Å²) in [6.45, 7) is -0.288. The summed E-state index contributed by atoms with van der Waals surface area (Å²) in [5, 5.41) is 16.5. The average molecular weight is 136 g/mol. The lowest BCUT2D eigenvalue weighted by molar-refractivity contribution is 0.164. The number of hydrogen-bond acceptors (Lipinski definition) is 2. The minimum absolute atomic E-state index is 0.109. The molecule has 0 saturated heterocycles. The Hall–Kier alpha value is -0.150. The van der Waals surface area contributed by atoms with E-state index in [4.69, 9.17) is 10.2 Å². The van der Waals surface area contributed by atoms with Gasteiger partial charge in [-0.3, -0.25) is 0 Å². The fourth-order valence-corrected chi connectivity index (χ4v) is 0.569. The van der Waals surface area contributed by atoms with Gasteiger partial charge in [0, 0.05) is 6.61 Å². The van der Waals surface area contributed by atoms with Gasteiger partial charge >= 0.3 is 0 Å². The summed E-state index contributed by atoms with van der Waals surface area (Å²) in [5.41, 5.74) is 0. The molecule has 0 radical (unpaired) electrons. The molecule has 0 amide bonds. The van der Waals surface area contributed by atoms with Crippen LogP contribution in [0.1, 0.15) is 19.3 Å². The summed E-state index contributed by atoms with van der Waals surface area (Å²) in [6.07, 6.45) is 0.534. The van der Waals surface area contributed by atoms with E-state index in [9.17, 15) is 4.39 Å². The Morgan fingerprint density at radius 2 is 1.89 bits per heavy atom. The van der Waals surface area contributed by atoms with Gasteiger partial charge in [0.2, 0.25) is 0 Å². The van der Waals surface area contributed by atoms with Gasteiger partial charge in [-0.1, -0.05) is 0 Å². The smallest absolute Gasteiger partial charge is 0.123 e. The van der Waals surface area contributed by atoms with E-state index in [1.165, 1.54) is 0 Å². The molecule has 0 rings (SSSR count). The normalized spacial score (nSPS) is 13.7. The van der Waals surface area contributed by atoms with Crippen LogP contribution >= 0.6 is 0 Å². The molecule has 56 valence electrons. The van der Waals surface area contributed by atoms with Crippen LogP contribution in [0.5, 0.6) is 0 Å². The molecule has 0 aliphatic rings. The molecule has 0 saturated carbocycles. The Labute approximate surface area is 54.3 Å². The van der Waals surface area contributed by atoms with Crippen molar-refractivity contribution in [2.45, 2.75) is 25.4 Å². The summed E-state index contributed by atoms with van der Waals surface area (Å²) in [5.74, 6) is 0. The van der Waals surface area contributed by atoms with Crippen molar-refractivity contribution >= 4 is 0 Å². The van der Waals surface area contributed by atoms with Crippen LogP contribution in [0.3, 0.4) is 0 Å². The van der Waals surface area contributed by atoms with Crippen molar-refractivity contribution in [2.75, 3.05) is 13.2 Å². The maximum atomic E-state index is 12.1. The van der Waals surface area contributed by atoms with Crippen LogP contribution in [-0.2, 0) is 0 Å². The number of alkyl halides is 1. The van der Waals surface area contributed by atoms with E-state index in [1.54, 1.807) is 0 Å². The number of aliphatic hydroxyl groups is 2. The monoisotopic (exact) mass is 136 g/mol. The highest BCUT2D eigenvalue weighted by Gasteiger charge is 2.01. The van der Waals surface area contributed by atoms with Crippen molar-refractivity contribution in [1.82, 2.24) is 0 Å². The van der Waals surface area contributed by atoms with Gasteiger partial charge in [-0.25, -0.2) is 4.39 Å². The number of halogens is 1. The van der Waals surface area contributed by atoms with Gasteiger partial charge in [-0.2, -0.15) is 0 Å². The largest absolute Gasteiger partial charge is 0.396 e. The molecule has 0 aliphatic heterocycles. The number of aliphatic hydroxyl groups excluding tert-OH is 2. The first-order valence-electron chi connectivity index (χ1n) is 3.17. The van der Waals surface area contributed by atoms with E-state index < -0.39 is 12.8 Å². The van der Waals surface area contributed by atoms with Crippen LogP contribution in [0.2, 0.25) is 0 Å². The molecule has 0 aromatic carbocycles. The van der Waals surface area contributed by atoms with E-state index >= 15 is 0 Å². The first-order chi connectivity index (χ1) is 4.31. The van der Waals surface area contributed by atoms with Gasteiger partial charge in [0.1, 0.15) is 6.17 Å². The van der Waals surface area contributed by atoms with Crippen LogP contribution in [-0.4, -0.2) is 29.6 Å². The molecule has 1 unspecified atom stereocenters. The average Bonchev–Trinajstić information content (AvgIpc) is 1.89. The Morgan fingerprint density at radius 3 is 2.33 bits per heavy atom. The highest BCUT2D eigenvalue weighted by Crippen LogP contribution is 2.02. The van der Waals surface area contributed by atoms with E-state index in [2.05, 4.69) is 0 Å². The molecule has 0 aliphatic carbocycles. The molecular weight excluding hydrogens is 123 g/mol. The van der Waals surface area contributed by atoms with Gasteiger partial charge in [0.15, 0.2) is 0 Å². The number of unbranched alkanes of at least 4 members (excludes halogenated alkanes) is 1. The maximum Gasteiger partial charge on any atom is 0.123 e. The van der Waals surface area contributed by atoms with E-state index in [1.807, 2.05) is 0 Å². The first kappa shape index (κ1) is 8.85. The summed E-state index contributed by atoms with van der Waals surface area (Å²) >= 11 is 0. The molecule has 1 atom stereocenters. The lowest BCUT2D eigenvalue weighted by Gasteiger charge is -2.01. The zero-order valence-corrected chi connectivity index (χ0v) is 5.39. The minimum atomic E-state index is -1.10. The molecule has 0 aromatic heterocycles. The lowest BCUT2D eigenvalue weighted by Crippen LogP contribution is -2.05. The fourth-order valence-electron chi connectivity index (χ4n) is 0.569. The summed E-state index contributed by atoms with van der Waals surface area (Å²) < 4.78 is 12.1. The SMILES string of the molecule is OCCCCC(F)CO. The van der Waals surface area contributed by atoms with E-state index in [0.29, 0.717) is 19.3 Å². The van der Waals surface area contributed by atoms with Crippen molar-refractivity contribution in [2.24, 2.45) is 0 Å². The first-order valence-corrected chi connectivity index (χ1v) is 3.17. The molecule has 0 bridgehead atoms. The molecule has 2 nitrogen and oxygen atoms in total. The quantitative estimate of drug-likeness (QED) is 0.540. The van der Waals surface area contributed by atoms with E-state index in [-0.39, 0.29) is 6.61 Å². The van der Waals surface area contributed by atoms with Gasteiger partial charge in [-0.15, -0.1) is 0 Å². The third kappa shape index (κ3) is 5.73. The van der Waals surface area contributed by atoms with Crippen LogP contribution in [0.4, 0.5) is 4.39 Å². The fraction of sp³-hybridized carbons (Fsp3) is 1.00. The highest BCUT2D eigenvalue weighted by atomic mass is 19.1. The molecule has 9 heavy (non-hydrogen) atoms. The molecule has 3 heteroatoms. The topological polar surface area (TPSA) is 40.5 Å². The zero-order valence-electron chi connectivity index (χ0n) is 5.39. The van der Waals surface area contributed by atoms with Crippen molar-refractivity contribution in [3.05, 3.63) is 0 Å². The van der Waals surface area contributed by atoms with Gasteiger partial charge in [-0.05, 0) is 19.3 Å². The Balaban J connectivity index is 2.88. The van der Waals surface area contributed by atoms with Crippen molar-refractivity contribution in [3.63, 3.8) is 0 Å². The second-order valence-electron chi connectivity index (χ2n) is 2.00. The Kier molecular flexibility index (Phi) is 5.88. The summed E-state index contributed by atoms with van der Waals surface area (Å²) in [4.78, 5) is 0. The second kappa shape index (κ2) is 5.98. The molecule has 0 heterocycles. The van der Waals surface area contributed by atoms with Gasteiger partial charge in [0.25, 0.3) is 0 Å². The van der Waals surface area contributed by atoms with Crippen molar-refractivity contribution in [3.8, 4) is 0 Å². The Morgan fingerprint density at radius 1 is 1.22 bits per heavy atom. The zero-order chi connectivity index (χ0) is 7.11. The number of hydrogen-bond donors (Lipinski definition) is 2. The van der Waals surface area contributed by atoms with Crippen molar-refractivity contribution < 1.29 is 14.6 Å². The third-order valence-electron chi connectivity index (χ3n) is 1.12. The maximum absolute atomic E-state index is 12.1. The van der Waals surface area contributed by atoms with Gasteiger partial charge < -0.3 is 10.2 Å². The van der Waals surface area contributed by atoms with Crippen LogP contribution in [0.25, 0.3) is 0 Å².